The van der Waals surface area contributed by atoms with E-state index in [2.05, 4.69) is 58.1 Å². The van der Waals surface area contributed by atoms with Gasteiger partial charge in [0, 0.05) is 36.9 Å². The highest BCUT2D eigenvalue weighted by molar-refractivity contribution is 9.10. The van der Waals surface area contributed by atoms with Crippen LogP contribution in [0.5, 0.6) is 0 Å². The molecule has 1 rings (SSSR count). The van der Waals surface area contributed by atoms with E-state index in [1.165, 1.54) is 5.56 Å². The lowest BCUT2D eigenvalue weighted by molar-refractivity contribution is 0.183. The fraction of sp³-hybridized carbons (Fsp3) is 0.615. The van der Waals surface area contributed by atoms with Crippen LogP contribution in [-0.2, 0) is 11.3 Å². The molecule has 1 atom stereocenters. The van der Waals surface area contributed by atoms with Crippen molar-refractivity contribution in [3.63, 3.8) is 0 Å². The van der Waals surface area contributed by atoms with Gasteiger partial charge < -0.3 is 15.0 Å². The highest BCUT2D eigenvalue weighted by atomic mass is 79.9. The molecule has 1 aromatic rings. The lowest BCUT2D eigenvalue weighted by Gasteiger charge is -2.27. The number of likely N-dealkylation sites (N-methyl/N-ethyl adjacent to an activating group) is 1. The van der Waals surface area contributed by atoms with Gasteiger partial charge >= 0.3 is 0 Å². The Kier molecular flexibility index (Phi) is 6.60. The lowest BCUT2D eigenvalue weighted by Crippen LogP contribution is -2.34. The summed E-state index contributed by atoms with van der Waals surface area (Å²) in [6, 6.07) is 2.41. The van der Waals surface area contributed by atoms with Crippen LogP contribution in [0.15, 0.2) is 16.7 Å². The summed E-state index contributed by atoms with van der Waals surface area (Å²) in [7, 11) is 3.77. The van der Waals surface area contributed by atoms with Crippen LogP contribution in [0.4, 0.5) is 5.82 Å². The van der Waals surface area contributed by atoms with E-state index < -0.39 is 0 Å². The number of hydrogen-bond donors (Lipinski definition) is 1. The van der Waals surface area contributed by atoms with Crippen LogP contribution >= 0.6 is 15.9 Å². The number of nitrogens with zero attached hydrogens (tertiary/aromatic N) is 2. The van der Waals surface area contributed by atoms with Gasteiger partial charge in [-0.3, -0.25) is 0 Å². The maximum atomic E-state index is 5.20. The van der Waals surface area contributed by atoms with Crippen molar-refractivity contribution in [2.75, 3.05) is 32.2 Å². The molecule has 1 unspecified atom stereocenters. The van der Waals surface area contributed by atoms with Crippen LogP contribution in [-0.4, -0.2) is 38.3 Å². The van der Waals surface area contributed by atoms with Crippen LogP contribution in [0, 0.1) is 0 Å². The summed E-state index contributed by atoms with van der Waals surface area (Å²) < 4.78 is 6.20. The number of anilines is 1. The molecule has 1 N–H and O–H groups in total. The van der Waals surface area contributed by atoms with Crippen LogP contribution < -0.4 is 10.2 Å². The van der Waals surface area contributed by atoms with Gasteiger partial charge in [-0.2, -0.15) is 0 Å². The Morgan fingerprint density at radius 1 is 1.56 bits per heavy atom. The average Bonchev–Trinajstić information content (AvgIpc) is 2.36. The summed E-state index contributed by atoms with van der Waals surface area (Å²) in [5.41, 5.74) is 1.19. The Hall–Kier alpha value is -0.650. The minimum Gasteiger partial charge on any atom is -0.383 e. The minimum atomic E-state index is 0.295. The number of aromatic nitrogens is 1. The minimum absolute atomic E-state index is 0.295. The number of pyridine rings is 1. The van der Waals surface area contributed by atoms with Crippen molar-refractivity contribution in [1.82, 2.24) is 10.3 Å². The standard InChI is InChI=1S/C13H22BrN3O/c1-5-15-7-11-6-12(14)8-16-13(11)17(3)10(2)9-18-4/h6,8,10,15H,5,7,9H2,1-4H3. The maximum absolute atomic E-state index is 5.20. The average molecular weight is 316 g/mol. The number of methoxy groups -OCH3 is 1. The number of hydrogen-bond acceptors (Lipinski definition) is 4. The molecule has 0 saturated heterocycles. The Morgan fingerprint density at radius 3 is 2.89 bits per heavy atom. The Bertz CT molecular complexity index is 373. The van der Waals surface area contributed by atoms with Gasteiger partial charge in [0.05, 0.1) is 12.6 Å². The Balaban J connectivity index is 2.91. The number of nitrogens with one attached hydrogen (secondary N) is 1. The van der Waals surface area contributed by atoms with Crippen molar-refractivity contribution in [2.45, 2.75) is 26.4 Å². The molecule has 102 valence electrons. The van der Waals surface area contributed by atoms with Crippen molar-refractivity contribution >= 4 is 21.7 Å². The highest BCUT2D eigenvalue weighted by Gasteiger charge is 2.15. The molecule has 0 aliphatic carbocycles. The second-order valence-corrected chi connectivity index (χ2v) is 5.25. The molecule has 0 spiro atoms. The first kappa shape index (κ1) is 15.4. The van der Waals surface area contributed by atoms with Crippen molar-refractivity contribution < 1.29 is 4.74 Å². The fourth-order valence-corrected chi connectivity index (χ4v) is 2.12. The zero-order valence-electron chi connectivity index (χ0n) is 11.5. The molecule has 0 saturated carbocycles. The van der Waals surface area contributed by atoms with Gasteiger partial charge in [-0.1, -0.05) is 6.92 Å². The van der Waals surface area contributed by atoms with E-state index in [0.717, 1.165) is 23.4 Å². The van der Waals surface area contributed by atoms with Crippen LogP contribution in [0.25, 0.3) is 0 Å². The molecule has 0 radical (unpaired) electrons. The van der Waals surface area contributed by atoms with Crippen LogP contribution in [0.1, 0.15) is 19.4 Å². The van der Waals surface area contributed by atoms with Gasteiger partial charge in [-0.05, 0) is 35.5 Å². The number of rotatable bonds is 7. The zero-order chi connectivity index (χ0) is 13.5. The molecular weight excluding hydrogens is 294 g/mol. The third-order valence-corrected chi connectivity index (χ3v) is 3.31. The molecule has 0 fully saturated rings. The smallest absolute Gasteiger partial charge is 0.133 e. The molecule has 1 aromatic heterocycles. The van der Waals surface area contributed by atoms with Gasteiger partial charge in [-0.15, -0.1) is 0 Å². The fourth-order valence-electron chi connectivity index (χ4n) is 1.74. The molecule has 0 bridgehead atoms. The first-order valence-corrected chi connectivity index (χ1v) is 6.96. The monoisotopic (exact) mass is 315 g/mol. The van der Waals surface area contributed by atoms with E-state index in [4.69, 9.17) is 4.74 Å². The third-order valence-electron chi connectivity index (χ3n) is 2.88. The molecule has 0 aromatic carbocycles. The largest absolute Gasteiger partial charge is 0.383 e. The molecular formula is C13H22BrN3O. The quantitative estimate of drug-likeness (QED) is 0.838. The summed E-state index contributed by atoms with van der Waals surface area (Å²) in [5, 5.41) is 3.34. The second kappa shape index (κ2) is 7.71. The SMILES string of the molecule is CCNCc1cc(Br)cnc1N(C)C(C)COC. The van der Waals surface area contributed by atoms with Crippen molar-refractivity contribution in [3.8, 4) is 0 Å². The molecule has 18 heavy (non-hydrogen) atoms. The maximum Gasteiger partial charge on any atom is 0.133 e. The predicted molar refractivity (Wildman–Crippen MR) is 79.1 cm³/mol. The Labute approximate surface area is 118 Å². The topological polar surface area (TPSA) is 37.4 Å². The molecule has 0 aliphatic heterocycles. The predicted octanol–water partition coefficient (Wildman–Crippen LogP) is 2.42. The molecule has 0 aliphatic rings. The van der Waals surface area contributed by atoms with Gasteiger partial charge in [0.1, 0.15) is 5.82 Å². The van der Waals surface area contributed by atoms with Crippen LogP contribution in [0.3, 0.4) is 0 Å². The van der Waals surface area contributed by atoms with E-state index >= 15 is 0 Å². The van der Waals surface area contributed by atoms with Crippen LogP contribution in [0.2, 0.25) is 0 Å². The lowest BCUT2D eigenvalue weighted by atomic mass is 10.2. The molecule has 0 amide bonds. The Morgan fingerprint density at radius 2 is 2.28 bits per heavy atom. The first-order chi connectivity index (χ1) is 8.60. The van der Waals surface area contributed by atoms with E-state index in [0.29, 0.717) is 12.6 Å². The van der Waals surface area contributed by atoms with E-state index in [1.54, 1.807) is 7.11 Å². The second-order valence-electron chi connectivity index (χ2n) is 4.33. The first-order valence-electron chi connectivity index (χ1n) is 6.17. The molecule has 5 heteroatoms. The highest BCUT2D eigenvalue weighted by Crippen LogP contribution is 2.22. The molecule has 1 heterocycles. The third kappa shape index (κ3) is 4.23. The van der Waals surface area contributed by atoms with Crippen molar-refractivity contribution in [2.24, 2.45) is 0 Å². The normalized spacial score (nSPS) is 12.5. The zero-order valence-corrected chi connectivity index (χ0v) is 13.1. The summed E-state index contributed by atoms with van der Waals surface area (Å²) in [4.78, 5) is 6.67. The number of halogens is 1. The van der Waals surface area contributed by atoms with E-state index in [-0.39, 0.29) is 0 Å². The summed E-state index contributed by atoms with van der Waals surface area (Å²) in [6.07, 6.45) is 1.83. The summed E-state index contributed by atoms with van der Waals surface area (Å²) in [5.74, 6) is 1.00. The molecule has 4 nitrogen and oxygen atoms in total. The number of ether oxygens (including phenoxy) is 1. The van der Waals surface area contributed by atoms with Gasteiger partial charge in [-0.25, -0.2) is 4.98 Å². The van der Waals surface area contributed by atoms with Gasteiger partial charge in [0.25, 0.3) is 0 Å². The summed E-state index contributed by atoms with van der Waals surface area (Å²) >= 11 is 3.47. The van der Waals surface area contributed by atoms with Gasteiger partial charge in [0.15, 0.2) is 0 Å². The van der Waals surface area contributed by atoms with Gasteiger partial charge in [0.2, 0.25) is 0 Å². The van der Waals surface area contributed by atoms with Crippen molar-refractivity contribution in [3.05, 3.63) is 22.3 Å². The summed E-state index contributed by atoms with van der Waals surface area (Å²) in [6.45, 7) is 6.69. The van der Waals surface area contributed by atoms with Crippen molar-refractivity contribution in [1.29, 1.82) is 0 Å². The van der Waals surface area contributed by atoms with E-state index in [1.807, 2.05) is 6.20 Å². The van der Waals surface area contributed by atoms with E-state index in [9.17, 15) is 0 Å².